The van der Waals surface area contributed by atoms with Gasteiger partial charge >= 0.3 is 0 Å². The fourth-order valence-corrected chi connectivity index (χ4v) is 1.52. The number of carbonyl (C=O) groups is 1. The van der Waals surface area contributed by atoms with E-state index in [4.69, 9.17) is 0 Å². The van der Waals surface area contributed by atoms with Gasteiger partial charge in [-0.3, -0.25) is 4.79 Å². The van der Waals surface area contributed by atoms with E-state index in [0.717, 1.165) is 19.4 Å². The van der Waals surface area contributed by atoms with Gasteiger partial charge < -0.3 is 10.6 Å². The third-order valence-electron chi connectivity index (χ3n) is 2.52. The molecule has 1 aromatic heterocycles. The Morgan fingerprint density at radius 1 is 1.47 bits per heavy atom. The van der Waals surface area contributed by atoms with Gasteiger partial charge in [-0.15, -0.1) is 0 Å². The molecule has 1 amide bonds. The van der Waals surface area contributed by atoms with E-state index in [-0.39, 0.29) is 5.91 Å². The lowest BCUT2D eigenvalue weighted by Crippen LogP contribution is -2.24. The first-order valence-electron chi connectivity index (χ1n) is 6.05. The van der Waals surface area contributed by atoms with Crippen LogP contribution in [0.2, 0.25) is 0 Å². The van der Waals surface area contributed by atoms with Gasteiger partial charge in [0, 0.05) is 25.4 Å². The zero-order chi connectivity index (χ0) is 12.7. The van der Waals surface area contributed by atoms with Crippen molar-refractivity contribution in [2.45, 2.75) is 26.7 Å². The normalized spacial score (nSPS) is 10.4. The smallest absolute Gasteiger partial charge is 0.251 e. The quantitative estimate of drug-likeness (QED) is 0.744. The van der Waals surface area contributed by atoms with Gasteiger partial charge in [-0.25, -0.2) is 4.98 Å². The molecule has 4 nitrogen and oxygen atoms in total. The van der Waals surface area contributed by atoms with Crippen molar-refractivity contribution in [2.75, 3.05) is 18.9 Å². The standard InChI is InChI=1S/C13H21N3O/c1-10(2)5-4-7-16-13(17)11-6-8-15-12(9-11)14-3/h6,8-10H,4-5,7H2,1-3H3,(H,14,15)(H,16,17). The lowest BCUT2D eigenvalue weighted by molar-refractivity contribution is 0.0952. The number of anilines is 1. The third-order valence-corrected chi connectivity index (χ3v) is 2.52. The SMILES string of the molecule is CNc1cc(C(=O)NCCCC(C)C)ccn1. The molecule has 0 aliphatic rings. The second kappa shape index (κ2) is 6.89. The highest BCUT2D eigenvalue weighted by atomic mass is 16.1. The number of amides is 1. The number of nitrogens with one attached hydrogen (secondary N) is 2. The molecule has 0 aliphatic heterocycles. The summed E-state index contributed by atoms with van der Waals surface area (Å²) in [4.78, 5) is 15.9. The Labute approximate surface area is 103 Å². The first kappa shape index (κ1) is 13.5. The number of pyridine rings is 1. The topological polar surface area (TPSA) is 54.0 Å². The van der Waals surface area contributed by atoms with Crippen LogP contribution in [0.3, 0.4) is 0 Å². The average Bonchev–Trinajstić information content (AvgIpc) is 2.34. The molecule has 0 aliphatic carbocycles. The van der Waals surface area contributed by atoms with Crippen LogP contribution in [0.4, 0.5) is 5.82 Å². The van der Waals surface area contributed by atoms with Gasteiger partial charge in [-0.2, -0.15) is 0 Å². The van der Waals surface area contributed by atoms with Crippen molar-refractivity contribution in [1.82, 2.24) is 10.3 Å². The molecule has 0 spiro atoms. The highest BCUT2D eigenvalue weighted by molar-refractivity contribution is 5.94. The average molecular weight is 235 g/mol. The zero-order valence-electron chi connectivity index (χ0n) is 10.8. The van der Waals surface area contributed by atoms with Crippen LogP contribution >= 0.6 is 0 Å². The fourth-order valence-electron chi connectivity index (χ4n) is 1.52. The van der Waals surface area contributed by atoms with Crippen LogP contribution in [0.5, 0.6) is 0 Å². The summed E-state index contributed by atoms with van der Waals surface area (Å²) in [5.74, 6) is 1.36. The molecule has 0 aromatic carbocycles. The minimum atomic E-state index is -0.0346. The number of nitrogens with zero attached hydrogens (tertiary/aromatic N) is 1. The number of carbonyl (C=O) groups excluding carboxylic acids is 1. The third kappa shape index (κ3) is 4.85. The Kier molecular flexibility index (Phi) is 5.46. The molecule has 4 heteroatoms. The van der Waals surface area contributed by atoms with E-state index in [9.17, 15) is 4.79 Å². The number of rotatable bonds is 6. The summed E-state index contributed by atoms with van der Waals surface area (Å²) >= 11 is 0. The van der Waals surface area contributed by atoms with Crippen LogP contribution in [0.1, 0.15) is 37.0 Å². The Morgan fingerprint density at radius 2 is 2.24 bits per heavy atom. The second-order valence-electron chi connectivity index (χ2n) is 4.47. The Hall–Kier alpha value is -1.58. The van der Waals surface area contributed by atoms with Crippen molar-refractivity contribution in [3.8, 4) is 0 Å². The second-order valence-corrected chi connectivity index (χ2v) is 4.47. The molecule has 0 radical (unpaired) electrons. The van der Waals surface area contributed by atoms with Crippen LogP contribution in [-0.4, -0.2) is 24.5 Å². The van der Waals surface area contributed by atoms with E-state index in [0.29, 0.717) is 17.3 Å². The highest BCUT2D eigenvalue weighted by Gasteiger charge is 2.05. The maximum absolute atomic E-state index is 11.8. The molecule has 0 fully saturated rings. The van der Waals surface area contributed by atoms with E-state index < -0.39 is 0 Å². The lowest BCUT2D eigenvalue weighted by atomic mass is 10.1. The maximum Gasteiger partial charge on any atom is 0.251 e. The molecule has 0 atom stereocenters. The first-order valence-corrected chi connectivity index (χ1v) is 6.05. The molecule has 0 unspecified atom stereocenters. The van der Waals surface area contributed by atoms with E-state index in [2.05, 4.69) is 29.5 Å². The predicted molar refractivity (Wildman–Crippen MR) is 70.2 cm³/mol. The fraction of sp³-hybridized carbons (Fsp3) is 0.538. The number of hydrogen-bond donors (Lipinski definition) is 2. The molecule has 0 saturated heterocycles. The minimum absolute atomic E-state index is 0.0346. The molecule has 1 aromatic rings. The summed E-state index contributed by atoms with van der Waals surface area (Å²) in [6, 6.07) is 3.47. The van der Waals surface area contributed by atoms with Crippen LogP contribution in [0.15, 0.2) is 18.3 Å². The number of hydrogen-bond acceptors (Lipinski definition) is 3. The van der Waals surface area contributed by atoms with Crippen LogP contribution in [0.25, 0.3) is 0 Å². The van der Waals surface area contributed by atoms with Crippen molar-refractivity contribution in [1.29, 1.82) is 0 Å². The molecule has 17 heavy (non-hydrogen) atoms. The molecule has 1 heterocycles. The summed E-state index contributed by atoms with van der Waals surface area (Å²) in [5.41, 5.74) is 0.647. The van der Waals surface area contributed by atoms with Crippen molar-refractivity contribution in [3.63, 3.8) is 0 Å². The van der Waals surface area contributed by atoms with Gasteiger partial charge in [-0.05, 0) is 30.9 Å². The molecule has 0 bridgehead atoms. The Morgan fingerprint density at radius 3 is 2.88 bits per heavy atom. The molecule has 2 N–H and O–H groups in total. The Balaban J connectivity index is 2.41. The zero-order valence-corrected chi connectivity index (χ0v) is 10.8. The largest absolute Gasteiger partial charge is 0.373 e. The van der Waals surface area contributed by atoms with Crippen molar-refractivity contribution >= 4 is 11.7 Å². The maximum atomic E-state index is 11.8. The minimum Gasteiger partial charge on any atom is -0.373 e. The van der Waals surface area contributed by atoms with E-state index in [1.54, 1.807) is 25.4 Å². The molecule has 94 valence electrons. The Bertz CT molecular complexity index is 363. The van der Waals surface area contributed by atoms with Crippen molar-refractivity contribution in [3.05, 3.63) is 23.9 Å². The number of aromatic nitrogens is 1. The summed E-state index contributed by atoms with van der Waals surface area (Å²) in [6.07, 6.45) is 3.79. The van der Waals surface area contributed by atoms with Crippen LogP contribution in [0, 0.1) is 5.92 Å². The monoisotopic (exact) mass is 235 g/mol. The van der Waals surface area contributed by atoms with Gasteiger partial charge in [-0.1, -0.05) is 13.8 Å². The van der Waals surface area contributed by atoms with Crippen LogP contribution < -0.4 is 10.6 Å². The van der Waals surface area contributed by atoms with Gasteiger partial charge in [0.25, 0.3) is 5.91 Å². The highest BCUT2D eigenvalue weighted by Crippen LogP contribution is 2.06. The summed E-state index contributed by atoms with van der Waals surface area (Å²) < 4.78 is 0. The van der Waals surface area contributed by atoms with Crippen LogP contribution in [-0.2, 0) is 0 Å². The van der Waals surface area contributed by atoms with Crippen molar-refractivity contribution in [2.24, 2.45) is 5.92 Å². The molecular formula is C13H21N3O. The van der Waals surface area contributed by atoms with E-state index in [1.165, 1.54) is 0 Å². The van der Waals surface area contributed by atoms with Gasteiger partial charge in [0.05, 0.1) is 0 Å². The summed E-state index contributed by atoms with van der Waals surface area (Å²) in [6.45, 7) is 5.10. The van der Waals surface area contributed by atoms with Crippen molar-refractivity contribution < 1.29 is 4.79 Å². The van der Waals surface area contributed by atoms with Gasteiger partial charge in [0.15, 0.2) is 0 Å². The summed E-state index contributed by atoms with van der Waals surface area (Å²) in [5, 5.41) is 5.82. The molecular weight excluding hydrogens is 214 g/mol. The first-order chi connectivity index (χ1) is 8.13. The lowest BCUT2D eigenvalue weighted by Gasteiger charge is -2.07. The van der Waals surface area contributed by atoms with Gasteiger partial charge in [0.1, 0.15) is 5.82 Å². The van der Waals surface area contributed by atoms with Gasteiger partial charge in [0.2, 0.25) is 0 Å². The predicted octanol–water partition coefficient (Wildman–Crippen LogP) is 2.29. The molecule has 1 rings (SSSR count). The molecule has 0 saturated carbocycles. The van der Waals surface area contributed by atoms with E-state index >= 15 is 0 Å². The summed E-state index contributed by atoms with van der Waals surface area (Å²) in [7, 11) is 1.78. The van der Waals surface area contributed by atoms with E-state index in [1.807, 2.05) is 0 Å².